The van der Waals surface area contributed by atoms with Gasteiger partial charge in [0.05, 0.1) is 6.04 Å². The standard InChI is InChI=1S/C20H21FN4O5/c21-12-2-1-11-8-15(14(11)9-12)22-18(23-28)17-19(25-30-24-17)29-13-5-10(6-13)7-16(26)20(27)3-4-20/h1-2,9-10,13,15,27-28H,3-8H2,(H,22,23)/t10?,13?,15-/m0/s1. The van der Waals surface area contributed by atoms with Crippen LogP contribution in [0.15, 0.2) is 27.8 Å². The second kappa shape index (κ2) is 7.13. The number of fused-ring (bicyclic) bond motifs is 1. The molecule has 5 rings (SSSR count). The Morgan fingerprint density at radius 3 is 2.90 bits per heavy atom. The van der Waals surface area contributed by atoms with Crippen molar-refractivity contribution in [3.63, 3.8) is 0 Å². The van der Waals surface area contributed by atoms with Crippen LogP contribution in [0.3, 0.4) is 0 Å². The zero-order valence-electron chi connectivity index (χ0n) is 16.0. The highest BCUT2D eigenvalue weighted by molar-refractivity contribution is 5.98. The maximum atomic E-state index is 13.5. The number of hydroxylamine groups is 1. The van der Waals surface area contributed by atoms with E-state index in [1.165, 1.54) is 12.1 Å². The molecule has 3 aliphatic carbocycles. The first kappa shape index (κ1) is 19.1. The average Bonchev–Trinajstić information content (AvgIpc) is 3.28. The lowest BCUT2D eigenvalue weighted by Crippen LogP contribution is -2.37. The molecule has 9 nitrogen and oxygen atoms in total. The molecule has 1 aromatic heterocycles. The van der Waals surface area contributed by atoms with Crippen molar-refractivity contribution in [3.8, 4) is 5.88 Å². The third-order valence-corrected chi connectivity index (χ3v) is 6.14. The molecule has 0 saturated heterocycles. The van der Waals surface area contributed by atoms with Crippen molar-refractivity contribution < 1.29 is 28.9 Å². The van der Waals surface area contributed by atoms with Crippen LogP contribution in [0.2, 0.25) is 0 Å². The summed E-state index contributed by atoms with van der Waals surface area (Å²) in [5.74, 6) is -0.157. The van der Waals surface area contributed by atoms with Crippen molar-refractivity contribution in [2.45, 2.75) is 56.3 Å². The van der Waals surface area contributed by atoms with Gasteiger partial charge in [-0.3, -0.25) is 20.5 Å². The number of halogens is 1. The van der Waals surface area contributed by atoms with E-state index in [9.17, 15) is 19.5 Å². The van der Waals surface area contributed by atoms with Gasteiger partial charge in [-0.2, -0.15) is 0 Å². The van der Waals surface area contributed by atoms with Gasteiger partial charge in [0.2, 0.25) is 5.69 Å². The average molecular weight is 416 g/mol. The van der Waals surface area contributed by atoms with Crippen LogP contribution < -0.4 is 10.2 Å². The first-order chi connectivity index (χ1) is 14.4. The van der Waals surface area contributed by atoms with Crippen LogP contribution in [-0.4, -0.2) is 44.0 Å². The number of carbonyl (C=O) groups is 1. The molecule has 0 amide bonds. The number of aromatic nitrogens is 2. The highest BCUT2D eigenvalue weighted by Crippen LogP contribution is 2.41. The topological polar surface area (TPSA) is 130 Å². The maximum Gasteiger partial charge on any atom is 0.287 e. The molecule has 1 aromatic carbocycles. The van der Waals surface area contributed by atoms with Crippen LogP contribution in [0.1, 0.15) is 55.0 Å². The van der Waals surface area contributed by atoms with Gasteiger partial charge in [0, 0.05) is 6.42 Å². The van der Waals surface area contributed by atoms with Crippen LogP contribution >= 0.6 is 0 Å². The molecule has 2 saturated carbocycles. The fourth-order valence-electron chi connectivity index (χ4n) is 4.01. The zero-order valence-corrected chi connectivity index (χ0v) is 16.0. The highest BCUT2D eigenvalue weighted by atomic mass is 19.1. The molecule has 2 fully saturated rings. The molecular weight excluding hydrogens is 395 g/mol. The number of Topliss-reactive ketones (excluding diaryl/α,β-unsaturated/α-hetero) is 1. The lowest BCUT2D eigenvalue weighted by atomic mass is 9.78. The second-order valence-electron chi connectivity index (χ2n) is 8.31. The van der Waals surface area contributed by atoms with Crippen LogP contribution in [0.4, 0.5) is 4.39 Å². The number of hydrogen-bond acceptors (Lipinski definition) is 8. The van der Waals surface area contributed by atoms with E-state index in [1.54, 1.807) is 6.07 Å². The molecule has 1 heterocycles. The monoisotopic (exact) mass is 416 g/mol. The van der Waals surface area contributed by atoms with Crippen molar-refractivity contribution >= 4 is 11.6 Å². The van der Waals surface area contributed by atoms with Crippen molar-refractivity contribution in [3.05, 3.63) is 40.8 Å². The van der Waals surface area contributed by atoms with Crippen molar-refractivity contribution in [2.75, 3.05) is 0 Å². The first-order valence-corrected chi connectivity index (χ1v) is 9.96. The predicted octanol–water partition coefficient (Wildman–Crippen LogP) is 1.87. The van der Waals surface area contributed by atoms with E-state index in [1.807, 2.05) is 5.48 Å². The molecule has 3 aliphatic rings. The second-order valence-corrected chi connectivity index (χ2v) is 8.31. The summed E-state index contributed by atoms with van der Waals surface area (Å²) in [5.41, 5.74) is 2.79. The number of aliphatic imine (C=N–C) groups is 1. The molecule has 0 spiro atoms. The Morgan fingerprint density at radius 2 is 2.17 bits per heavy atom. The van der Waals surface area contributed by atoms with Crippen LogP contribution in [-0.2, 0) is 11.2 Å². The van der Waals surface area contributed by atoms with Gasteiger partial charge < -0.3 is 9.84 Å². The smallest absolute Gasteiger partial charge is 0.287 e. The molecule has 0 aliphatic heterocycles. The Morgan fingerprint density at radius 1 is 1.37 bits per heavy atom. The Hall–Kier alpha value is -2.85. The Balaban J connectivity index is 1.22. The summed E-state index contributed by atoms with van der Waals surface area (Å²) in [6.45, 7) is 0. The molecule has 3 N–H and O–H groups in total. The lowest BCUT2D eigenvalue weighted by molar-refractivity contribution is -0.131. The lowest BCUT2D eigenvalue weighted by Gasteiger charge is -2.34. The minimum atomic E-state index is -1.09. The van der Waals surface area contributed by atoms with Gasteiger partial charge in [0.15, 0.2) is 11.6 Å². The first-order valence-electron chi connectivity index (χ1n) is 9.96. The summed E-state index contributed by atoms with van der Waals surface area (Å²) in [6, 6.07) is 4.23. The number of benzene rings is 1. The third kappa shape index (κ3) is 3.46. The van der Waals surface area contributed by atoms with Gasteiger partial charge in [-0.25, -0.2) is 9.02 Å². The number of nitrogens with one attached hydrogen (secondary N) is 1. The van der Waals surface area contributed by atoms with Gasteiger partial charge in [0.1, 0.15) is 17.5 Å². The van der Waals surface area contributed by atoms with Crippen molar-refractivity contribution in [1.82, 2.24) is 15.8 Å². The molecule has 10 heteroatoms. The summed E-state index contributed by atoms with van der Waals surface area (Å²) in [7, 11) is 0. The summed E-state index contributed by atoms with van der Waals surface area (Å²) in [6.07, 6.45) is 3.23. The van der Waals surface area contributed by atoms with Gasteiger partial charge in [0.25, 0.3) is 5.88 Å². The SMILES string of the molecule is O=C(CC1CC(Oc2nonc2C(=N[C@H]2Cc3ccc(F)cc32)NO)C1)C1(O)CC1. The number of nitrogens with zero attached hydrogens (tertiary/aromatic N) is 3. The number of ketones is 1. The molecule has 1 atom stereocenters. The van der Waals surface area contributed by atoms with Gasteiger partial charge in [-0.05, 0) is 71.6 Å². The summed E-state index contributed by atoms with van der Waals surface area (Å²) in [5, 5.41) is 26.9. The minimum Gasteiger partial charge on any atom is -0.470 e. The molecule has 2 aromatic rings. The number of rotatable bonds is 7. The number of carbonyl (C=O) groups excluding carboxylic acids is 1. The van der Waals surface area contributed by atoms with Gasteiger partial charge >= 0.3 is 0 Å². The van der Waals surface area contributed by atoms with Crippen LogP contribution in [0.25, 0.3) is 0 Å². The molecule has 0 radical (unpaired) electrons. The van der Waals surface area contributed by atoms with E-state index >= 15 is 0 Å². The number of amidine groups is 1. The van der Waals surface area contributed by atoms with E-state index in [0.29, 0.717) is 38.5 Å². The quantitative estimate of drug-likeness (QED) is 0.354. The van der Waals surface area contributed by atoms with E-state index in [0.717, 1.165) is 11.1 Å². The molecular formula is C20H21FN4O5. The zero-order chi connectivity index (χ0) is 20.9. The minimum absolute atomic E-state index is 0.0215. The molecule has 0 unspecified atom stereocenters. The number of aliphatic hydroxyl groups is 1. The Labute approximate surface area is 170 Å². The van der Waals surface area contributed by atoms with E-state index in [2.05, 4.69) is 15.3 Å². The Kier molecular flexibility index (Phi) is 4.55. The predicted molar refractivity (Wildman–Crippen MR) is 99.6 cm³/mol. The maximum absolute atomic E-state index is 13.5. The van der Waals surface area contributed by atoms with E-state index in [4.69, 9.17) is 9.37 Å². The fraction of sp³-hybridized carbons (Fsp3) is 0.500. The van der Waals surface area contributed by atoms with Crippen molar-refractivity contribution in [2.24, 2.45) is 10.9 Å². The number of ether oxygens (including phenoxy) is 1. The summed E-state index contributed by atoms with van der Waals surface area (Å²) in [4.78, 5) is 16.4. The Bertz CT molecular complexity index is 1010. The van der Waals surface area contributed by atoms with Crippen molar-refractivity contribution in [1.29, 1.82) is 0 Å². The fourth-order valence-corrected chi connectivity index (χ4v) is 4.01. The normalized spacial score (nSPS) is 26.2. The largest absolute Gasteiger partial charge is 0.470 e. The highest BCUT2D eigenvalue weighted by Gasteiger charge is 2.49. The van der Waals surface area contributed by atoms with E-state index < -0.39 is 5.60 Å². The number of hydrogen-bond donors (Lipinski definition) is 3. The van der Waals surface area contributed by atoms with Crippen LogP contribution in [0, 0.1) is 11.7 Å². The third-order valence-electron chi connectivity index (χ3n) is 6.14. The van der Waals surface area contributed by atoms with Gasteiger partial charge in [-0.1, -0.05) is 6.07 Å². The van der Waals surface area contributed by atoms with E-state index in [-0.39, 0.29) is 47.1 Å². The van der Waals surface area contributed by atoms with Crippen LogP contribution in [0.5, 0.6) is 5.88 Å². The summed E-state index contributed by atoms with van der Waals surface area (Å²) >= 11 is 0. The molecule has 158 valence electrons. The molecule has 0 bridgehead atoms. The summed E-state index contributed by atoms with van der Waals surface area (Å²) < 4.78 is 24.0. The molecule has 30 heavy (non-hydrogen) atoms. The van der Waals surface area contributed by atoms with Gasteiger partial charge in [-0.15, -0.1) is 0 Å².